The Kier molecular flexibility index (Phi) is 5.34. The van der Waals surface area contributed by atoms with Crippen molar-refractivity contribution >= 4 is 11.6 Å². The molecule has 1 heterocycles. The fourth-order valence-electron chi connectivity index (χ4n) is 1.93. The molecule has 6 nitrogen and oxygen atoms in total. The van der Waals surface area contributed by atoms with Crippen LogP contribution in [0.5, 0.6) is 11.6 Å². The van der Waals surface area contributed by atoms with Gasteiger partial charge in [-0.2, -0.15) is 4.98 Å². The first-order chi connectivity index (χ1) is 10.3. The highest BCUT2D eigenvalue weighted by atomic mass is 16.5. The molecule has 0 atom stereocenters. The number of nitrogens with zero attached hydrogens (tertiary/aromatic N) is 3. The first-order valence-electron chi connectivity index (χ1n) is 6.77. The summed E-state index contributed by atoms with van der Waals surface area (Å²) in [6, 6.07) is 9.48. The molecule has 0 aliphatic heterocycles. The fourth-order valence-corrected chi connectivity index (χ4v) is 1.93. The zero-order valence-electron chi connectivity index (χ0n) is 12.3. The quantitative estimate of drug-likeness (QED) is 0.840. The number of methoxy groups -OCH3 is 2. The third kappa shape index (κ3) is 3.82. The zero-order valence-corrected chi connectivity index (χ0v) is 12.3. The molecule has 0 aliphatic rings. The highest BCUT2D eigenvalue weighted by Crippen LogP contribution is 2.25. The van der Waals surface area contributed by atoms with Crippen LogP contribution < -0.4 is 20.1 Å². The molecular weight excluding hydrogens is 268 g/mol. The lowest BCUT2D eigenvalue weighted by Crippen LogP contribution is -2.23. The van der Waals surface area contributed by atoms with Crippen LogP contribution in [0.3, 0.4) is 0 Å². The van der Waals surface area contributed by atoms with E-state index in [9.17, 15) is 0 Å². The molecule has 1 aromatic heterocycles. The minimum absolute atomic E-state index is 0.534. The third-order valence-corrected chi connectivity index (χ3v) is 3.04. The van der Waals surface area contributed by atoms with E-state index in [1.165, 1.54) is 0 Å². The van der Waals surface area contributed by atoms with Gasteiger partial charge in [0, 0.05) is 24.5 Å². The van der Waals surface area contributed by atoms with Crippen molar-refractivity contribution in [2.75, 3.05) is 32.2 Å². The van der Waals surface area contributed by atoms with E-state index in [-0.39, 0.29) is 0 Å². The number of hydrogen-bond acceptors (Lipinski definition) is 6. The topological polar surface area (TPSA) is 73.5 Å². The highest BCUT2D eigenvalue weighted by molar-refractivity contribution is 5.58. The molecule has 0 radical (unpaired) electrons. The molecular formula is C15H20N4O2. The van der Waals surface area contributed by atoms with Gasteiger partial charge in [0.15, 0.2) is 0 Å². The van der Waals surface area contributed by atoms with Crippen LogP contribution in [0.4, 0.5) is 11.6 Å². The second-order valence-corrected chi connectivity index (χ2v) is 4.39. The van der Waals surface area contributed by atoms with Gasteiger partial charge in [0.1, 0.15) is 5.75 Å². The van der Waals surface area contributed by atoms with Gasteiger partial charge in [-0.1, -0.05) is 0 Å². The van der Waals surface area contributed by atoms with E-state index in [0.717, 1.165) is 24.4 Å². The molecule has 21 heavy (non-hydrogen) atoms. The van der Waals surface area contributed by atoms with Crippen LogP contribution in [0, 0.1) is 0 Å². The fraction of sp³-hybridized carbons (Fsp3) is 0.333. The summed E-state index contributed by atoms with van der Waals surface area (Å²) < 4.78 is 10.3. The molecule has 0 fully saturated rings. The molecule has 6 heteroatoms. The molecule has 2 N–H and O–H groups in total. The summed E-state index contributed by atoms with van der Waals surface area (Å²) >= 11 is 0. The molecule has 0 unspecified atom stereocenters. The summed E-state index contributed by atoms with van der Waals surface area (Å²) in [5.41, 5.74) is 6.61. The van der Waals surface area contributed by atoms with Crippen molar-refractivity contribution in [2.24, 2.45) is 5.73 Å². The molecule has 0 spiro atoms. The first kappa shape index (κ1) is 15.1. The Balaban J connectivity index is 2.31. The van der Waals surface area contributed by atoms with Gasteiger partial charge in [0.05, 0.1) is 14.2 Å². The zero-order chi connectivity index (χ0) is 15.1. The van der Waals surface area contributed by atoms with Gasteiger partial charge in [0.25, 0.3) is 0 Å². The number of hydrogen-bond donors (Lipinski definition) is 1. The van der Waals surface area contributed by atoms with Crippen LogP contribution in [-0.4, -0.2) is 37.3 Å². The highest BCUT2D eigenvalue weighted by Gasteiger charge is 2.12. The summed E-state index contributed by atoms with van der Waals surface area (Å²) in [7, 11) is 3.23. The average Bonchev–Trinajstić information content (AvgIpc) is 2.56. The minimum Gasteiger partial charge on any atom is -0.497 e. The predicted molar refractivity (Wildman–Crippen MR) is 82.3 cm³/mol. The molecule has 0 aliphatic carbocycles. The lowest BCUT2D eigenvalue weighted by molar-refractivity contribution is 0.397. The Morgan fingerprint density at radius 2 is 1.86 bits per heavy atom. The largest absolute Gasteiger partial charge is 0.497 e. The van der Waals surface area contributed by atoms with E-state index < -0.39 is 0 Å². The number of ether oxygens (including phenoxy) is 2. The van der Waals surface area contributed by atoms with Gasteiger partial charge in [-0.25, -0.2) is 4.98 Å². The Bertz CT molecular complexity index is 560. The molecule has 0 saturated carbocycles. The van der Waals surface area contributed by atoms with Crippen molar-refractivity contribution in [3.63, 3.8) is 0 Å². The summed E-state index contributed by atoms with van der Waals surface area (Å²) in [4.78, 5) is 10.7. The molecule has 2 aromatic rings. The van der Waals surface area contributed by atoms with E-state index in [2.05, 4.69) is 9.97 Å². The number of anilines is 2. The number of aromatic nitrogens is 2. The van der Waals surface area contributed by atoms with Crippen molar-refractivity contribution in [3.8, 4) is 11.6 Å². The summed E-state index contributed by atoms with van der Waals surface area (Å²) in [6.07, 6.45) is 2.52. The van der Waals surface area contributed by atoms with Crippen LogP contribution >= 0.6 is 0 Å². The maximum atomic E-state index is 5.62. The molecule has 112 valence electrons. The van der Waals surface area contributed by atoms with Crippen LogP contribution in [0.2, 0.25) is 0 Å². The Hall–Kier alpha value is -2.34. The van der Waals surface area contributed by atoms with E-state index in [1.807, 2.05) is 29.2 Å². The Labute approximate surface area is 124 Å². The normalized spacial score (nSPS) is 10.2. The van der Waals surface area contributed by atoms with E-state index in [4.69, 9.17) is 15.2 Å². The van der Waals surface area contributed by atoms with Gasteiger partial charge >= 0.3 is 0 Å². The van der Waals surface area contributed by atoms with Crippen LogP contribution in [0.1, 0.15) is 6.42 Å². The summed E-state index contributed by atoms with van der Waals surface area (Å²) in [5, 5.41) is 0. The molecule has 0 amide bonds. The lowest BCUT2D eigenvalue weighted by atomic mass is 10.2. The second kappa shape index (κ2) is 7.44. The SMILES string of the molecule is COc1ccc(N(CCCN)c2nccc(OC)n2)cc1. The monoisotopic (exact) mass is 288 g/mol. The van der Waals surface area contributed by atoms with Crippen molar-refractivity contribution < 1.29 is 9.47 Å². The van der Waals surface area contributed by atoms with Crippen LogP contribution in [0.25, 0.3) is 0 Å². The number of rotatable bonds is 7. The third-order valence-electron chi connectivity index (χ3n) is 3.04. The standard InChI is InChI=1S/C15H20N4O2/c1-20-13-6-4-12(5-7-13)19(11-3-9-16)15-17-10-8-14(18-15)21-2/h4-8,10H,3,9,11,16H2,1-2H3. The maximum Gasteiger partial charge on any atom is 0.233 e. The number of benzene rings is 1. The molecule has 0 bridgehead atoms. The maximum absolute atomic E-state index is 5.62. The Morgan fingerprint density at radius 1 is 1.10 bits per heavy atom. The van der Waals surface area contributed by atoms with E-state index in [1.54, 1.807) is 26.5 Å². The minimum atomic E-state index is 0.534. The van der Waals surface area contributed by atoms with Crippen molar-refractivity contribution in [1.82, 2.24) is 9.97 Å². The van der Waals surface area contributed by atoms with Crippen molar-refractivity contribution in [3.05, 3.63) is 36.5 Å². The molecule has 2 rings (SSSR count). The van der Waals surface area contributed by atoms with E-state index >= 15 is 0 Å². The smallest absolute Gasteiger partial charge is 0.233 e. The first-order valence-corrected chi connectivity index (χ1v) is 6.77. The van der Waals surface area contributed by atoms with E-state index in [0.29, 0.717) is 18.4 Å². The van der Waals surface area contributed by atoms with Crippen molar-refractivity contribution in [1.29, 1.82) is 0 Å². The average molecular weight is 288 g/mol. The van der Waals surface area contributed by atoms with Gasteiger partial charge in [-0.3, -0.25) is 0 Å². The molecule has 1 aromatic carbocycles. The van der Waals surface area contributed by atoms with Crippen LogP contribution in [-0.2, 0) is 0 Å². The second-order valence-electron chi connectivity index (χ2n) is 4.39. The predicted octanol–water partition coefficient (Wildman–Crippen LogP) is 1.98. The van der Waals surface area contributed by atoms with Gasteiger partial charge in [-0.05, 0) is 37.2 Å². The lowest BCUT2D eigenvalue weighted by Gasteiger charge is -2.22. The Morgan fingerprint density at radius 3 is 2.48 bits per heavy atom. The summed E-state index contributed by atoms with van der Waals surface area (Å²) in [5.74, 6) is 1.93. The summed E-state index contributed by atoms with van der Waals surface area (Å²) in [6.45, 7) is 1.34. The van der Waals surface area contributed by atoms with Crippen LogP contribution in [0.15, 0.2) is 36.5 Å². The van der Waals surface area contributed by atoms with Gasteiger partial charge < -0.3 is 20.1 Å². The van der Waals surface area contributed by atoms with Gasteiger partial charge in [0.2, 0.25) is 11.8 Å². The van der Waals surface area contributed by atoms with Gasteiger partial charge in [-0.15, -0.1) is 0 Å². The molecule has 0 saturated heterocycles. The van der Waals surface area contributed by atoms with Crippen molar-refractivity contribution in [2.45, 2.75) is 6.42 Å². The number of nitrogens with two attached hydrogens (primary N) is 1.